The van der Waals surface area contributed by atoms with Crippen molar-refractivity contribution in [3.05, 3.63) is 259 Å². The highest BCUT2D eigenvalue weighted by molar-refractivity contribution is 7.26. The number of benzene rings is 10. The minimum atomic E-state index is -0.522. The van der Waals surface area contributed by atoms with Crippen LogP contribution >= 0.6 is 11.3 Å². The lowest BCUT2D eigenvalue weighted by atomic mass is 9.70. The number of rotatable bonds is 6. The van der Waals surface area contributed by atoms with E-state index in [1.807, 2.05) is 11.3 Å². The third-order valence-corrected chi connectivity index (χ3v) is 14.6. The largest absolute Gasteiger partial charge is 0.309 e. The van der Waals surface area contributed by atoms with E-state index in [0.29, 0.717) is 0 Å². The van der Waals surface area contributed by atoms with Crippen LogP contribution in [0.5, 0.6) is 0 Å². The highest BCUT2D eigenvalue weighted by atomic mass is 32.1. The number of fused-ring (bicyclic) bond motifs is 13. The summed E-state index contributed by atoms with van der Waals surface area (Å²) in [5.74, 6) is 0. The van der Waals surface area contributed by atoms with Crippen molar-refractivity contribution in [2.24, 2.45) is 0 Å². The highest BCUT2D eigenvalue weighted by Gasteiger charge is 2.53. The molecule has 0 saturated heterocycles. The maximum Gasteiger partial charge on any atom is 0.0726 e. The van der Waals surface area contributed by atoms with Gasteiger partial charge in [-0.15, -0.1) is 11.3 Å². The van der Waals surface area contributed by atoms with Crippen molar-refractivity contribution in [3.63, 3.8) is 0 Å². The van der Waals surface area contributed by atoms with E-state index in [4.69, 9.17) is 0 Å². The maximum atomic E-state index is 2.56. The third kappa shape index (κ3) is 5.35. The minimum absolute atomic E-state index is 0.522. The van der Waals surface area contributed by atoms with Gasteiger partial charge in [0.25, 0.3) is 0 Å². The lowest BCUT2D eigenvalue weighted by Gasteiger charge is -2.32. The average molecular weight is 818 g/mol. The normalized spacial score (nSPS) is 12.9. The molecule has 0 saturated carbocycles. The fraction of sp³-hybridized carbons (Fsp3) is 0.0164. The smallest absolute Gasteiger partial charge is 0.0726 e. The number of nitrogens with zero attached hydrogens (tertiary/aromatic N) is 1. The summed E-state index contributed by atoms with van der Waals surface area (Å²) in [6.45, 7) is 0. The van der Waals surface area contributed by atoms with Gasteiger partial charge in [0.15, 0.2) is 0 Å². The molecule has 0 N–H and O–H groups in total. The Kier molecular flexibility index (Phi) is 8.06. The van der Waals surface area contributed by atoms with E-state index in [0.717, 1.165) is 11.4 Å². The van der Waals surface area contributed by atoms with Gasteiger partial charge in [0, 0.05) is 37.1 Å². The van der Waals surface area contributed by atoms with Gasteiger partial charge in [0.1, 0.15) is 0 Å². The van der Waals surface area contributed by atoms with Gasteiger partial charge in [-0.3, -0.25) is 0 Å². The summed E-state index contributed by atoms with van der Waals surface area (Å²) in [4.78, 5) is 2.56. The van der Waals surface area contributed by atoms with E-state index in [1.165, 1.54) is 104 Å². The third-order valence-electron chi connectivity index (χ3n) is 13.5. The second kappa shape index (κ2) is 14.1. The summed E-state index contributed by atoms with van der Waals surface area (Å²) < 4.78 is 2.57. The molecule has 0 bridgehead atoms. The van der Waals surface area contributed by atoms with Gasteiger partial charge in [-0.1, -0.05) is 194 Å². The second-order valence-corrected chi connectivity index (χ2v) is 17.8. The van der Waals surface area contributed by atoms with Crippen molar-refractivity contribution >= 4 is 48.6 Å². The lowest BCUT2D eigenvalue weighted by Crippen LogP contribution is -2.26. The molecule has 0 aliphatic heterocycles. The first-order valence-electron chi connectivity index (χ1n) is 21.8. The van der Waals surface area contributed by atoms with Crippen molar-refractivity contribution < 1.29 is 0 Å². The number of anilines is 3. The molecule has 2 aliphatic carbocycles. The number of hydrogen-bond donors (Lipinski definition) is 0. The van der Waals surface area contributed by atoms with Crippen molar-refractivity contribution in [1.82, 2.24) is 0 Å². The van der Waals surface area contributed by atoms with Gasteiger partial charge in [-0.2, -0.15) is 0 Å². The fourth-order valence-corrected chi connectivity index (χ4v) is 11.9. The molecule has 2 heteroatoms. The minimum Gasteiger partial charge on any atom is -0.309 e. The van der Waals surface area contributed by atoms with Crippen LogP contribution in [-0.4, -0.2) is 0 Å². The molecule has 1 nitrogen and oxygen atoms in total. The number of hydrogen-bond acceptors (Lipinski definition) is 2. The predicted octanol–water partition coefficient (Wildman–Crippen LogP) is 16.9. The highest BCUT2D eigenvalue weighted by Crippen LogP contribution is 2.67. The molecule has 11 aromatic rings. The van der Waals surface area contributed by atoms with E-state index in [2.05, 4.69) is 241 Å². The van der Waals surface area contributed by atoms with Gasteiger partial charge in [-0.25, -0.2) is 0 Å². The molecule has 0 fully saturated rings. The molecule has 13 rings (SSSR count). The first kappa shape index (κ1) is 35.9. The molecule has 10 aromatic carbocycles. The van der Waals surface area contributed by atoms with Crippen LogP contribution in [0.3, 0.4) is 0 Å². The molecule has 63 heavy (non-hydrogen) atoms. The van der Waals surface area contributed by atoms with E-state index >= 15 is 0 Å². The zero-order chi connectivity index (χ0) is 41.5. The van der Waals surface area contributed by atoms with Crippen molar-refractivity contribution in [3.8, 4) is 55.6 Å². The summed E-state index contributed by atoms with van der Waals surface area (Å²) in [5.41, 5.74) is 20.7. The van der Waals surface area contributed by atoms with Crippen LogP contribution in [-0.2, 0) is 5.41 Å². The molecule has 0 unspecified atom stereocenters. The average Bonchev–Trinajstić information content (AvgIpc) is 3.99. The summed E-state index contributed by atoms with van der Waals surface area (Å²) in [6.07, 6.45) is 0. The van der Waals surface area contributed by atoms with Gasteiger partial charge < -0.3 is 4.90 Å². The summed E-state index contributed by atoms with van der Waals surface area (Å²) >= 11 is 1.91. The van der Waals surface area contributed by atoms with E-state index in [-0.39, 0.29) is 0 Å². The van der Waals surface area contributed by atoms with Crippen molar-refractivity contribution in [2.75, 3.05) is 4.90 Å². The van der Waals surface area contributed by atoms with E-state index in [1.54, 1.807) is 0 Å². The molecule has 1 heterocycles. The van der Waals surface area contributed by atoms with E-state index in [9.17, 15) is 0 Å². The van der Waals surface area contributed by atoms with Crippen LogP contribution in [0, 0.1) is 0 Å². The SMILES string of the molecule is c1ccc(-c2ccc(N(c3ccc(-c4ccccc4)cc3)c3c4c(cc5sc6ccccc6c35)C3(c5ccccc5-c5ccccc53)c3ccc(-c5ccccc5)cc3-4)cc2)cc1. The number of thiophene rings is 1. The van der Waals surface area contributed by atoms with Crippen LogP contribution in [0.25, 0.3) is 75.8 Å². The topological polar surface area (TPSA) is 3.24 Å². The van der Waals surface area contributed by atoms with Crippen LogP contribution in [0.1, 0.15) is 22.3 Å². The molecule has 0 radical (unpaired) electrons. The molecule has 0 atom stereocenters. The Morgan fingerprint density at radius 1 is 0.317 bits per heavy atom. The summed E-state index contributed by atoms with van der Waals surface area (Å²) in [5, 5.41) is 2.55. The van der Waals surface area contributed by atoms with Crippen molar-refractivity contribution in [2.45, 2.75) is 5.41 Å². The second-order valence-electron chi connectivity index (χ2n) is 16.7. The Morgan fingerprint density at radius 3 is 1.33 bits per heavy atom. The fourth-order valence-electron chi connectivity index (χ4n) is 10.8. The lowest BCUT2D eigenvalue weighted by molar-refractivity contribution is 0.795. The van der Waals surface area contributed by atoms with E-state index < -0.39 is 5.41 Å². The molecular formula is C61H39NS. The molecule has 1 aromatic heterocycles. The molecule has 0 amide bonds. The predicted molar refractivity (Wildman–Crippen MR) is 267 cm³/mol. The van der Waals surface area contributed by atoms with Crippen LogP contribution in [0.4, 0.5) is 17.1 Å². The summed E-state index contributed by atoms with van der Waals surface area (Å²) in [6, 6.07) is 87.8. The monoisotopic (exact) mass is 817 g/mol. The summed E-state index contributed by atoms with van der Waals surface area (Å²) in [7, 11) is 0. The Hall–Kier alpha value is -7.78. The van der Waals surface area contributed by atoms with Gasteiger partial charge in [0.05, 0.1) is 11.1 Å². The Balaban J connectivity index is 1.18. The standard InChI is InChI=1S/C61H39NS/c1-4-16-40(17-5-1)43-28-33-46(34-29-43)62(47-35-30-44(31-36-47)41-18-6-2-7-19-41)60-58-51-38-45(42-20-8-3-9-21-42)32-37-54(51)61(52-25-13-10-22-48(52)49-23-11-14-26-53(49)61)55(58)39-57-59(60)50-24-12-15-27-56(50)63-57/h1-39H. The quantitative estimate of drug-likeness (QED) is 0.162. The maximum absolute atomic E-state index is 2.56. The Labute approximate surface area is 371 Å². The first-order valence-corrected chi connectivity index (χ1v) is 22.6. The zero-order valence-corrected chi connectivity index (χ0v) is 35.2. The van der Waals surface area contributed by atoms with Crippen LogP contribution in [0.15, 0.2) is 237 Å². The van der Waals surface area contributed by atoms with Gasteiger partial charge in [0.2, 0.25) is 0 Å². The molecule has 1 spiro atoms. The molecule has 294 valence electrons. The molecule has 2 aliphatic rings. The van der Waals surface area contributed by atoms with Crippen LogP contribution < -0.4 is 4.90 Å². The van der Waals surface area contributed by atoms with Gasteiger partial charge >= 0.3 is 0 Å². The Bertz CT molecular complexity index is 3400. The van der Waals surface area contributed by atoms with Crippen LogP contribution in [0.2, 0.25) is 0 Å². The zero-order valence-electron chi connectivity index (χ0n) is 34.4. The molecular weight excluding hydrogens is 779 g/mol. The van der Waals surface area contributed by atoms with Crippen molar-refractivity contribution in [1.29, 1.82) is 0 Å². The van der Waals surface area contributed by atoms with Gasteiger partial charge in [-0.05, 0) is 115 Å². The first-order chi connectivity index (χ1) is 31.3. The Morgan fingerprint density at radius 2 is 0.762 bits per heavy atom.